The summed E-state index contributed by atoms with van der Waals surface area (Å²) in [5.41, 5.74) is 2.43. The Balaban J connectivity index is 2.13. The van der Waals surface area contributed by atoms with E-state index in [9.17, 15) is 0 Å². The molecule has 0 saturated heterocycles. The molecule has 4 heteroatoms. The van der Waals surface area contributed by atoms with Crippen molar-refractivity contribution in [3.05, 3.63) is 68.5 Å². The lowest BCUT2D eigenvalue weighted by Crippen LogP contribution is -1.93. The van der Waals surface area contributed by atoms with E-state index in [-0.39, 0.29) is 4.83 Å². The molecule has 1 aromatic heterocycles. The highest BCUT2D eigenvalue weighted by Gasteiger charge is 2.17. The minimum absolute atomic E-state index is 0.136. The van der Waals surface area contributed by atoms with Gasteiger partial charge in [-0.15, -0.1) is 11.3 Å². The van der Waals surface area contributed by atoms with E-state index in [0.717, 1.165) is 15.1 Å². The molecule has 0 aliphatic heterocycles. The Hall–Kier alpha value is -0.350. The Morgan fingerprint density at radius 1 is 1.05 bits per heavy atom. The lowest BCUT2D eigenvalue weighted by Gasteiger charge is -2.12. The predicted octanol–water partition coefficient (Wildman–Crippen LogP) is 6.80. The number of rotatable bonds is 2. The van der Waals surface area contributed by atoms with E-state index < -0.39 is 0 Å². The first-order valence-electron chi connectivity index (χ1n) is 5.72. The summed E-state index contributed by atoms with van der Waals surface area (Å²) in [4.78, 5) is 0.136. The van der Waals surface area contributed by atoms with Crippen molar-refractivity contribution in [1.82, 2.24) is 0 Å². The lowest BCUT2D eigenvalue weighted by molar-refractivity contribution is 1.19. The van der Waals surface area contributed by atoms with Crippen LogP contribution >= 0.6 is 54.8 Å². The Kier molecular flexibility index (Phi) is 3.99. The molecule has 0 saturated carbocycles. The molecule has 19 heavy (non-hydrogen) atoms. The van der Waals surface area contributed by atoms with E-state index in [0.29, 0.717) is 0 Å². The molecular formula is C15H9Br2ClS. The third-order valence-electron chi connectivity index (χ3n) is 3.02. The molecule has 0 nitrogen and oxygen atoms in total. The average molecular weight is 417 g/mol. The molecule has 1 heterocycles. The van der Waals surface area contributed by atoms with E-state index in [1.165, 1.54) is 15.6 Å². The number of thiophene rings is 1. The highest BCUT2D eigenvalue weighted by Crippen LogP contribution is 2.41. The number of hydrogen-bond acceptors (Lipinski definition) is 1. The highest BCUT2D eigenvalue weighted by molar-refractivity contribution is 9.11. The lowest BCUT2D eigenvalue weighted by atomic mass is 10.0. The van der Waals surface area contributed by atoms with Crippen LogP contribution in [-0.4, -0.2) is 0 Å². The van der Waals surface area contributed by atoms with Gasteiger partial charge in [0.25, 0.3) is 0 Å². The van der Waals surface area contributed by atoms with Gasteiger partial charge in [-0.25, -0.2) is 0 Å². The van der Waals surface area contributed by atoms with E-state index in [4.69, 9.17) is 11.6 Å². The molecule has 0 fully saturated rings. The van der Waals surface area contributed by atoms with Gasteiger partial charge in [0, 0.05) is 14.2 Å². The summed E-state index contributed by atoms with van der Waals surface area (Å²) in [6.07, 6.45) is 0. The fraction of sp³-hybridized carbons (Fsp3) is 0.0667. The summed E-state index contributed by atoms with van der Waals surface area (Å²) in [5.74, 6) is 0. The second kappa shape index (κ2) is 5.57. The van der Waals surface area contributed by atoms with Gasteiger partial charge in [0.15, 0.2) is 0 Å². The van der Waals surface area contributed by atoms with Crippen LogP contribution < -0.4 is 0 Å². The number of alkyl halides is 1. The van der Waals surface area contributed by atoms with Gasteiger partial charge in [-0.1, -0.05) is 61.7 Å². The quantitative estimate of drug-likeness (QED) is 0.403. The topological polar surface area (TPSA) is 0 Å². The van der Waals surface area contributed by atoms with Crippen LogP contribution in [0.15, 0.2) is 52.3 Å². The maximum Gasteiger partial charge on any atom is 0.0670 e. The molecule has 3 aromatic rings. The van der Waals surface area contributed by atoms with Crippen LogP contribution in [0, 0.1) is 0 Å². The SMILES string of the molecule is Clc1ccc(Br)c(C(Br)c2csc3ccccc23)c1. The summed E-state index contributed by atoms with van der Waals surface area (Å²) in [6, 6.07) is 14.3. The van der Waals surface area contributed by atoms with Gasteiger partial charge in [-0.3, -0.25) is 0 Å². The summed E-state index contributed by atoms with van der Waals surface area (Å²) < 4.78 is 2.37. The first-order chi connectivity index (χ1) is 9.16. The van der Waals surface area contributed by atoms with Crippen molar-refractivity contribution in [2.75, 3.05) is 0 Å². The largest absolute Gasteiger partial charge is 0.143 e. The fourth-order valence-electron chi connectivity index (χ4n) is 2.07. The van der Waals surface area contributed by atoms with Crippen molar-refractivity contribution < 1.29 is 0 Å². The minimum Gasteiger partial charge on any atom is -0.143 e. The zero-order valence-corrected chi connectivity index (χ0v) is 14.5. The number of fused-ring (bicyclic) bond motifs is 1. The van der Waals surface area contributed by atoms with E-state index in [1.807, 2.05) is 18.2 Å². The fourth-order valence-corrected chi connectivity index (χ4v) is 4.95. The highest BCUT2D eigenvalue weighted by atomic mass is 79.9. The van der Waals surface area contributed by atoms with Gasteiger partial charge in [0.1, 0.15) is 0 Å². The van der Waals surface area contributed by atoms with Gasteiger partial charge in [-0.2, -0.15) is 0 Å². The van der Waals surface area contributed by atoms with Crippen LogP contribution in [0.3, 0.4) is 0 Å². The van der Waals surface area contributed by atoms with E-state index in [2.05, 4.69) is 61.5 Å². The second-order valence-electron chi connectivity index (χ2n) is 4.22. The zero-order valence-electron chi connectivity index (χ0n) is 9.74. The van der Waals surface area contributed by atoms with Gasteiger partial charge < -0.3 is 0 Å². The maximum absolute atomic E-state index is 6.10. The first kappa shape index (κ1) is 13.6. The molecule has 1 atom stereocenters. The van der Waals surface area contributed by atoms with Crippen LogP contribution in [0.25, 0.3) is 10.1 Å². The molecule has 0 aliphatic rings. The van der Waals surface area contributed by atoms with Crippen molar-refractivity contribution in [2.24, 2.45) is 0 Å². The molecule has 0 spiro atoms. The third kappa shape index (κ3) is 2.62. The van der Waals surface area contributed by atoms with Crippen molar-refractivity contribution >= 4 is 64.9 Å². The normalized spacial score (nSPS) is 12.8. The Morgan fingerprint density at radius 2 is 1.84 bits per heavy atom. The molecule has 3 rings (SSSR count). The molecule has 96 valence electrons. The second-order valence-corrected chi connectivity index (χ2v) is 7.33. The monoisotopic (exact) mass is 414 g/mol. The molecular weight excluding hydrogens is 407 g/mol. The van der Waals surface area contributed by atoms with Gasteiger partial charge in [0.05, 0.1) is 4.83 Å². The van der Waals surface area contributed by atoms with Gasteiger partial charge >= 0.3 is 0 Å². The molecule has 0 N–H and O–H groups in total. The van der Waals surface area contributed by atoms with Crippen LogP contribution in [0.2, 0.25) is 5.02 Å². The van der Waals surface area contributed by atoms with Crippen LogP contribution in [0.5, 0.6) is 0 Å². The Labute approximate surface area is 137 Å². The van der Waals surface area contributed by atoms with Crippen LogP contribution in [0.1, 0.15) is 16.0 Å². The molecule has 1 unspecified atom stereocenters. The van der Waals surface area contributed by atoms with Gasteiger partial charge in [-0.05, 0) is 46.2 Å². The molecule has 0 radical (unpaired) electrons. The zero-order chi connectivity index (χ0) is 13.4. The van der Waals surface area contributed by atoms with E-state index in [1.54, 1.807) is 11.3 Å². The smallest absolute Gasteiger partial charge is 0.0670 e. The number of halogens is 3. The molecule has 0 amide bonds. The summed E-state index contributed by atoms with van der Waals surface area (Å²) in [5, 5.41) is 4.25. The summed E-state index contributed by atoms with van der Waals surface area (Å²) in [6.45, 7) is 0. The first-order valence-corrected chi connectivity index (χ1v) is 8.68. The van der Waals surface area contributed by atoms with Crippen molar-refractivity contribution in [3.63, 3.8) is 0 Å². The molecule has 0 bridgehead atoms. The number of benzene rings is 2. The van der Waals surface area contributed by atoms with Crippen molar-refractivity contribution in [2.45, 2.75) is 4.83 Å². The molecule has 2 aromatic carbocycles. The van der Waals surface area contributed by atoms with Crippen molar-refractivity contribution in [3.8, 4) is 0 Å². The van der Waals surface area contributed by atoms with Crippen LogP contribution in [0.4, 0.5) is 0 Å². The minimum atomic E-state index is 0.136. The average Bonchev–Trinajstić information content (AvgIpc) is 2.84. The van der Waals surface area contributed by atoms with Crippen LogP contribution in [-0.2, 0) is 0 Å². The van der Waals surface area contributed by atoms with E-state index >= 15 is 0 Å². The van der Waals surface area contributed by atoms with Gasteiger partial charge in [0.2, 0.25) is 0 Å². The predicted molar refractivity (Wildman–Crippen MR) is 91.7 cm³/mol. The Bertz CT molecular complexity index is 736. The third-order valence-corrected chi connectivity index (χ3v) is 5.94. The van der Waals surface area contributed by atoms with Crippen molar-refractivity contribution in [1.29, 1.82) is 0 Å². The Morgan fingerprint density at radius 3 is 2.68 bits per heavy atom. The number of hydrogen-bond donors (Lipinski definition) is 0. The summed E-state index contributed by atoms with van der Waals surface area (Å²) in [7, 11) is 0. The molecule has 0 aliphatic carbocycles. The summed E-state index contributed by atoms with van der Waals surface area (Å²) >= 11 is 15.3. The maximum atomic E-state index is 6.10. The standard InChI is InChI=1S/C15H9Br2ClS/c16-13-6-5-9(18)7-11(13)15(17)12-8-19-14-4-2-1-3-10(12)14/h1-8,15H.